The molecule has 1 aromatic rings. The molecule has 1 fully saturated rings. The number of hydrogen-bond acceptors (Lipinski definition) is 3. The quantitative estimate of drug-likeness (QED) is 0.819. The Morgan fingerprint density at radius 2 is 2.05 bits per heavy atom. The molecule has 4 nitrogen and oxygen atoms in total. The number of nitrogens with one attached hydrogen (secondary N) is 1. The van der Waals surface area contributed by atoms with Crippen LogP contribution in [-0.4, -0.2) is 43.5 Å². The summed E-state index contributed by atoms with van der Waals surface area (Å²) in [6.45, 7) is 5.44. The molecule has 1 unspecified atom stereocenters. The molecule has 2 aliphatic heterocycles. The zero-order chi connectivity index (χ0) is 13.4. The summed E-state index contributed by atoms with van der Waals surface area (Å²) in [6.07, 6.45) is 0. The van der Waals surface area contributed by atoms with Gasteiger partial charge in [0.15, 0.2) is 0 Å². The van der Waals surface area contributed by atoms with Gasteiger partial charge in [-0.3, -0.25) is 4.79 Å². The lowest BCUT2D eigenvalue weighted by molar-refractivity contribution is -0.139. The normalized spacial score (nSPS) is 23.6. The van der Waals surface area contributed by atoms with E-state index < -0.39 is 0 Å². The van der Waals surface area contributed by atoms with Crippen molar-refractivity contribution < 1.29 is 4.79 Å². The first-order chi connectivity index (χ1) is 9.16. The van der Waals surface area contributed by atoms with E-state index in [0.29, 0.717) is 5.91 Å². The van der Waals surface area contributed by atoms with E-state index in [1.165, 1.54) is 11.3 Å². The van der Waals surface area contributed by atoms with Gasteiger partial charge >= 0.3 is 0 Å². The number of fused-ring (bicyclic) bond motifs is 1. The molecule has 0 aliphatic carbocycles. The monoisotopic (exact) mass is 259 g/mol. The van der Waals surface area contributed by atoms with Gasteiger partial charge in [0.1, 0.15) is 0 Å². The van der Waals surface area contributed by atoms with Crippen LogP contribution in [0.1, 0.15) is 12.5 Å². The van der Waals surface area contributed by atoms with Gasteiger partial charge in [-0.05, 0) is 18.6 Å². The van der Waals surface area contributed by atoms with Gasteiger partial charge in [-0.2, -0.15) is 0 Å². The molecule has 1 atom stereocenters. The number of carbonyl (C=O) groups is 1. The number of rotatable bonds is 1. The molecule has 0 spiro atoms. The van der Waals surface area contributed by atoms with Crippen LogP contribution in [-0.2, 0) is 11.3 Å². The number of carbonyl (C=O) groups excluding carboxylic acids is 1. The van der Waals surface area contributed by atoms with Gasteiger partial charge in [0.05, 0.1) is 5.92 Å². The Morgan fingerprint density at radius 1 is 1.32 bits per heavy atom. The van der Waals surface area contributed by atoms with Crippen molar-refractivity contribution in [2.75, 3.05) is 31.6 Å². The van der Waals surface area contributed by atoms with E-state index in [0.717, 1.165) is 26.2 Å². The number of nitrogens with zero attached hydrogens (tertiary/aromatic N) is 2. The van der Waals surface area contributed by atoms with Crippen LogP contribution in [0.25, 0.3) is 0 Å². The van der Waals surface area contributed by atoms with Crippen LogP contribution in [0.3, 0.4) is 0 Å². The van der Waals surface area contributed by atoms with Gasteiger partial charge in [0, 0.05) is 45.0 Å². The molecule has 0 radical (unpaired) electrons. The molecular weight excluding hydrogens is 238 g/mol. The van der Waals surface area contributed by atoms with E-state index in [4.69, 9.17) is 0 Å². The van der Waals surface area contributed by atoms with Crippen molar-refractivity contribution in [2.24, 2.45) is 5.92 Å². The predicted octanol–water partition coefficient (Wildman–Crippen LogP) is 1.07. The second-order valence-corrected chi connectivity index (χ2v) is 5.68. The van der Waals surface area contributed by atoms with Crippen molar-refractivity contribution in [2.45, 2.75) is 19.5 Å². The largest absolute Gasteiger partial charge is 0.372 e. The SMILES string of the molecule is CC1CN(C)c2ccccc2CN1C(=O)C1CNC1. The maximum Gasteiger partial charge on any atom is 0.228 e. The van der Waals surface area contributed by atoms with Crippen molar-refractivity contribution in [1.82, 2.24) is 10.2 Å². The van der Waals surface area contributed by atoms with Crippen LogP contribution in [0, 0.1) is 5.92 Å². The predicted molar refractivity (Wildman–Crippen MR) is 76.1 cm³/mol. The van der Waals surface area contributed by atoms with Crippen LogP contribution in [0.2, 0.25) is 0 Å². The fraction of sp³-hybridized carbons (Fsp3) is 0.533. The minimum absolute atomic E-state index is 0.179. The molecule has 4 heteroatoms. The van der Waals surface area contributed by atoms with E-state index in [9.17, 15) is 4.79 Å². The van der Waals surface area contributed by atoms with Gasteiger partial charge in [-0.1, -0.05) is 18.2 Å². The van der Waals surface area contributed by atoms with E-state index in [-0.39, 0.29) is 12.0 Å². The third kappa shape index (κ3) is 2.21. The summed E-state index contributed by atoms with van der Waals surface area (Å²) in [6, 6.07) is 8.64. The van der Waals surface area contributed by atoms with Crippen molar-refractivity contribution in [1.29, 1.82) is 0 Å². The van der Waals surface area contributed by atoms with E-state index in [1.54, 1.807) is 0 Å². The van der Waals surface area contributed by atoms with Crippen molar-refractivity contribution in [3.63, 3.8) is 0 Å². The zero-order valence-corrected chi connectivity index (χ0v) is 11.6. The van der Waals surface area contributed by atoms with Crippen LogP contribution in [0.4, 0.5) is 5.69 Å². The molecule has 1 N–H and O–H groups in total. The maximum atomic E-state index is 12.5. The Labute approximate surface area is 114 Å². The average molecular weight is 259 g/mol. The molecule has 3 rings (SSSR count). The van der Waals surface area contributed by atoms with Crippen molar-refractivity contribution in [3.8, 4) is 0 Å². The average Bonchev–Trinajstić information content (AvgIpc) is 2.45. The van der Waals surface area contributed by atoms with Gasteiger partial charge in [0.25, 0.3) is 0 Å². The maximum absolute atomic E-state index is 12.5. The number of hydrogen-bond donors (Lipinski definition) is 1. The summed E-state index contributed by atoms with van der Waals surface area (Å²) >= 11 is 0. The van der Waals surface area contributed by atoms with Gasteiger partial charge < -0.3 is 15.1 Å². The summed E-state index contributed by atoms with van der Waals surface area (Å²) in [5.41, 5.74) is 2.49. The first-order valence-corrected chi connectivity index (χ1v) is 6.97. The first kappa shape index (κ1) is 12.5. The molecule has 1 amide bonds. The van der Waals surface area contributed by atoms with E-state index in [1.807, 2.05) is 4.90 Å². The van der Waals surface area contributed by atoms with Crippen molar-refractivity contribution in [3.05, 3.63) is 29.8 Å². The van der Waals surface area contributed by atoms with Gasteiger partial charge in [0.2, 0.25) is 5.91 Å². The fourth-order valence-corrected chi connectivity index (χ4v) is 2.94. The summed E-state index contributed by atoms with van der Waals surface area (Å²) < 4.78 is 0. The lowest BCUT2D eigenvalue weighted by Gasteiger charge is -2.35. The Hall–Kier alpha value is -1.55. The zero-order valence-electron chi connectivity index (χ0n) is 11.6. The van der Waals surface area contributed by atoms with Crippen LogP contribution in [0.5, 0.6) is 0 Å². The standard InChI is InChI=1S/C15H21N3O/c1-11-9-17(2)14-6-4-3-5-12(14)10-18(11)15(19)13-7-16-8-13/h3-6,11,13,16H,7-10H2,1-2H3. The van der Waals surface area contributed by atoms with Crippen LogP contribution >= 0.6 is 0 Å². The topological polar surface area (TPSA) is 35.6 Å². The molecule has 1 aromatic carbocycles. The molecule has 2 heterocycles. The molecule has 0 aromatic heterocycles. The highest BCUT2D eigenvalue weighted by molar-refractivity contribution is 5.81. The number of amides is 1. The third-order valence-corrected chi connectivity index (χ3v) is 4.23. The Bertz CT molecular complexity index is 484. The highest BCUT2D eigenvalue weighted by Gasteiger charge is 2.33. The second kappa shape index (κ2) is 4.85. The summed E-state index contributed by atoms with van der Waals surface area (Å²) in [5, 5.41) is 3.18. The van der Waals surface area contributed by atoms with Crippen LogP contribution < -0.4 is 10.2 Å². The Morgan fingerprint density at radius 3 is 2.74 bits per heavy atom. The lowest BCUT2D eigenvalue weighted by atomic mass is 10.0. The summed E-state index contributed by atoms with van der Waals surface area (Å²) in [4.78, 5) is 16.8. The smallest absolute Gasteiger partial charge is 0.228 e. The van der Waals surface area contributed by atoms with E-state index >= 15 is 0 Å². The number of benzene rings is 1. The molecule has 19 heavy (non-hydrogen) atoms. The Balaban J connectivity index is 1.88. The minimum atomic E-state index is 0.179. The van der Waals surface area contributed by atoms with E-state index in [2.05, 4.69) is 48.5 Å². The number of anilines is 1. The highest BCUT2D eigenvalue weighted by atomic mass is 16.2. The molecule has 2 aliphatic rings. The third-order valence-electron chi connectivity index (χ3n) is 4.23. The second-order valence-electron chi connectivity index (χ2n) is 5.68. The molecular formula is C15H21N3O. The van der Waals surface area contributed by atoms with Crippen molar-refractivity contribution >= 4 is 11.6 Å². The fourth-order valence-electron chi connectivity index (χ4n) is 2.94. The molecule has 102 valence electrons. The van der Waals surface area contributed by atoms with Gasteiger partial charge in [-0.15, -0.1) is 0 Å². The Kier molecular flexibility index (Phi) is 3.19. The minimum Gasteiger partial charge on any atom is -0.372 e. The first-order valence-electron chi connectivity index (χ1n) is 6.97. The highest BCUT2D eigenvalue weighted by Crippen LogP contribution is 2.27. The number of likely N-dealkylation sites (N-methyl/N-ethyl adjacent to an activating group) is 1. The summed E-state index contributed by atoms with van der Waals surface area (Å²) in [7, 11) is 2.11. The summed E-state index contributed by atoms with van der Waals surface area (Å²) in [5.74, 6) is 0.481. The molecule has 0 saturated carbocycles. The van der Waals surface area contributed by atoms with Crippen LogP contribution in [0.15, 0.2) is 24.3 Å². The number of para-hydroxylation sites is 1. The molecule has 1 saturated heterocycles. The molecule has 0 bridgehead atoms. The lowest BCUT2D eigenvalue weighted by Crippen LogP contribution is -2.54. The van der Waals surface area contributed by atoms with Gasteiger partial charge in [-0.25, -0.2) is 0 Å².